The Hall–Kier alpha value is -2.51. The zero-order valence-electron chi connectivity index (χ0n) is 16.9. The molecule has 0 spiro atoms. The summed E-state index contributed by atoms with van der Waals surface area (Å²) >= 11 is 1.47. The van der Waals surface area contributed by atoms with Crippen molar-refractivity contribution >= 4 is 27.5 Å². The summed E-state index contributed by atoms with van der Waals surface area (Å²) in [4.78, 5) is 30.7. The van der Waals surface area contributed by atoms with Gasteiger partial charge < -0.3 is 10.1 Å². The molecular weight excluding hydrogens is 398 g/mol. The summed E-state index contributed by atoms with van der Waals surface area (Å²) in [5, 5.41) is 5.48. The third-order valence-corrected chi connectivity index (χ3v) is 6.97. The van der Waals surface area contributed by atoms with Crippen molar-refractivity contribution in [1.29, 1.82) is 0 Å². The van der Waals surface area contributed by atoms with Gasteiger partial charge in [0, 0.05) is 24.1 Å². The second-order valence-corrected chi connectivity index (χ2v) is 8.99. The van der Waals surface area contributed by atoms with Gasteiger partial charge in [0.25, 0.3) is 5.56 Å². The van der Waals surface area contributed by atoms with Crippen molar-refractivity contribution in [3.8, 4) is 11.1 Å². The molecule has 5 rings (SSSR count). The molecule has 1 saturated heterocycles. The maximum absolute atomic E-state index is 13.2. The van der Waals surface area contributed by atoms with Crippen molar-refractivity contribution in [2.45, 2.75) is 51.2 Å². The number of nitrogens with one attached hydrogen (secondary N) is 1. The molecule has 156 valence electrons. The van der Waals surface area contributed by atoms with Gasteiger partial charge in [-0.3, -0.25) is 14.2 Å². The first kappa shape index (κ1) is 19.5. The number of benzene rings is 1. The van der Waals surface area contributed by atoms with Gasteiger partial charge in [0.2, 0.25) is 5.91 Å². The molecule has 1 fully saturated rings. The largest absolute Gasteiger partial charge is 0.376 e. The Balaban J connectivity index is 1.41. The minimum absolute atomic E-state index is 0.0338. The van der Waals surface area contributed by atoms with Crippen LogP contribution in [-0.2, 0) is 28.9 Å². The highest BCUT2D eigenvalue weighted by atomic mass is 32.1. The molecule has 1 N–H and O–H groups in total. The number of carbonyl (C=O) groups is 1. The number of aromatic nitrogens is 2. The number of rotatable bonds is 5. The summed E-state index contributed by atoms with van der Waals surface area (Å²) in [5.74, 6) is -0.195. The van der Waals surface area contributed by atoms with E-state index in [1.807, 2.05) is 5.38 Å². The van der Waals surface area contributed by atoms with Gasteiger partial charge >= 0.3 is 0 Å². The predicted molar refractivity (Wildman–Crippen MR) is 118 cm³/mol. The molecule has 30 heavy (non-hydrogen) atoms. The van der Waals surface area contributed by atoms with Crippen molar-refractivity contribution in [3.63, 3.8) is 0 Å². The molecule has 1 amide bonds. The monoisotopic (exact) mass is 423 g/mol. The Morgan fingerprint density at radius 2 is 2.10 bits per heavy atom. The van der Waals surface area contributed by atoms with Gasteiger partial charge in [-0.2, -0.15) is 0 Å². The lowest BCUT2D eigenvalue weighted by Crippen LogP contribution is -2.36. The van der Waals surface area contributed by atoms with Gasteiger partial charge in [0.05, 0.1) is 17.8 Å². The highest BCUT2D eigenvalue weighted by molar-refractivity contribution is 7.17. The summed E-state index contributed by atoms with van der Waals surface area (Å²) in [6, 6.07) is 6.53. The van der Waals surface area contributed by atoms with E-state index in [1.54, 1.807) is 0 Å². The molecule has 2 aliphatic rings. The van der Waals surface area contributed by atoms with Crippen LogP contribution in [0.15, 0.2) is 34.7 Å². The van der Waals surface area contributed by atoms with E-state index in [0.29, 0.717) is 16.8 Å². The third kappa shape index (κ3) is 3.79. The maximum atomic E-state index is 13.2. The Morgan fingerprint density at radius 3 is 2.93 bits per heavy atom. The molecule has 1 atom stereocenters. The lowest BCUT2D eigenvalue weighted by atomic mass is 9.89. The van der Waals surface area contributed by atoms with Crippen molar-refractivity contribution in [3.05, 3.63) is 51.4 Å². The zero-order valence-corrected chi connectivity index (χ0v) is 17.7. The van der Waals surface area contributed by atoms with Crippen LogP contribution >= 0.6 is 11.3 Å². The van der Waals surface area contributed by atoms with Crippen LogP contribution in [-0.4, -0.2) is 34.7 Å². The van der Waals surface area contributed by atoms with Gasteiger partial charge in [-0.1, -0.05) is 18.2 Å². The van der Waals surface area contributed by atoms with E-state index in [2.05, 4.69) is 28.5 Å². The van der Waals surface area contributed by atoms with E-state index >= 15 is 0 Å². The summed E-state index contributed by atoms with van der Waals surface area (Å²) in [6.07, 6.45) is 8.25. The minimum atomic E-state index is -0.195. The normalized spacial score (nSPS) is 18.5. The van der Waals surface area contributed by atoms with E-state index < -0.39 is 0 Å². The fourth-order valence-electron chi connectivity index (χ4n) is 4.44. The lowest BCUT2D eigenvalue weighted by molar-refractivity contribution is -0.122. The number of ether oxygens (including phenoxy) is 1. The summed E-state index contributed by atoms with van der Waals surface area (Å²) < 4.78 is 6.94. The van der Waals surface area contributed by atoms with Gasteiger partial charge in [-0.15, -0.1) is 11.3 Å². The van der Waals surface area contributed by atoms with Crippen molar-refractivity contribution in [2.24, 2.45) is 0 Å². The molecule has 1 unspecified atom stereocenters. The molecule has 1 aromatic carbocycles. The number of carbonyl (C=O) groups excluding carboxylic acids is 1. The molecule has 6 nitrogen and oxygen atoms in total. The van der Waals surface area contributed by atoms with Gasteiger partial charge in [0.15, 0.2) is 0 Å². The SMILES string of the molecule is O=C(Cn1cnc2scc(-c3ccc4c(c3)CCCC4)c2c1=O)NCC1CCCO1. The average molecular weight is 424 g/mol. The number of amides is 1. The fourth-order valence-corrected chi connectivity index (χ4v) is 5.34. The molecule has 7 heteroatoms. The predicted octanol–water partition coefficient (Wildman–Crippen LogP) is 3.30. The van der Waals surface area contributed by atoms with Crippen LogP contribution in [0.2, 0.25) is 0 Å². The highest BCUT2D eigenvalue weighted by Crippen LogP contribution is 2.33. The van der Waals surface area contributed by atoms with Crippen LogP contribution in [0.4, 0.5) is 0 Å². The molecular formula is C23H25N3O3S. The van der Waals surface area contributed by atoms with Gasteiger partial charge in [-0.05, 0) is 55.2 Å². The third-order valence-electron chi connectivity index (χ3n) is 6.09. The van der Waals surface area contributed by atoms with Crippen LogP contribution in [0.1, 0.15) is 36.8 Å². The summed E-state index contributed by atoms with van der Waals surface area (Å²) in [7, 11) is 0. The van der Waals surface area contributed by atoms with Crippen LogP contribution in [0.25, 0.3) is 21.3 Å². The average Bonchev–Trinajstić information content (AvgIpc) is 3.44. The molecule has 2 aromatic heterocycles. The smallest absolute Gasteiger partial charge is 0.263 e. The second-order valence-electron chi connectivity index (χ2n) is 8.14. The number of aryl methyl sites for hydroxylation is 2. The van der Waals surface area contributed by atoms with Crippen LogP contribution in [0.3, 0.4) is 0 Å². The fraction of sp³-hybridized carbons (Fsp3) is 0.435. The number of hydrogen-bond acceptors (Lipinski definition) is 5. The molecule has 3 aromatic rings. The number of nitrogens with zero attached hydrogens (tertiary/aromatic N) is 2. The molecule has 1 aliphatic heterocycles. The molecule has 0 radical (unpaired) electrons. The second kappa shape index (κ2) is 8.32. The number of hydrogen-bond donors (Lipinski definition) is 1. The standard InChI is InChI=1S/C23H25N3O3S/c27-20(24-11-18-6-3-9-29-18)12-26-14-25-22-21(23(26)28)19(13-30-22)17-8-7-15-4-1-2-5-16(15)10-17/h7-8,10,13-14,18H,1-6,9,11-12H2,(H,24,27). The summed E-state index contributed by atoms with van der Waals surface area (Å²) in [6.45, 7) is 1.21. The highest BCUT2D eigenvalue weighted by Gasteiger charge is 2.18. The van der Waals surface area contributed by atoms with E-state index in [0.717, 1.165) is 43.4 Å². The maximum Gasteiger partial charge on any atom is 0.263 e. The van der Waals surface area contributed by atoms with Crippen molar-refractivity contribution in [1.82, 2.24) is 14.9 Å². The Kier molecular flexibility index (Phi) is 5.39. The van der Waals surface area contributed by atoms with Crippen LogP contribution in [0, 0.1) is 0 Å². The Bertz CT molecular complexity index is 1140. The molecule has 0 bridgehead atoms. The minimum Gasteiger partial charge on any atom is -0.376 e. The molecule has 0 saturated carbocycles. The first-order chi connectivity index (χ1) is 14.7. The van der Waals surface area contributed by atoms with Gasteiger partial charge in [0.1, 0.15) is 11.4 Å². The van der Waals surface area contributed by atoms with E-state index in [9.17, 15) is 9.59 Å². The topological polar surface area (TPSA) is 73.2 Å². The molecule has 3 heterocycles. The van der Waals surface area contributed by atoms with E-state index in [4.69, 9.17) is 4.74 Å². The number of fused-ring (bicyclic) bond motifs is 2. The van der Waals surface area contributed by atoms with Crippen molar-refractivity contribution < 1.29 is 9.53 Å². The van der Waals surface area contributed by atoms with Crippen LogP contribution < -0.4 is 10.9 Å². The first-order valence-electron chi connectivity index (χ1n) is 10.7. The number of thiophene rings is 1. The van der Waals surface area contributed by atoms with Crippen molar-refractivity contribution in [2.75, 3.05) is 13.2 Å². The van der Waals surface area contributed by atoms with Gasteiger partial charge in [-0.25, -0.2) is 4.98 Å². The Morgan fingerprint density at radius 1 is 1.23 bits per heavy atom. The summed E-state index contributed by atoms with van der Waals surface area (Å²) in [5.41, 5.74) is 4.61. The quantitative estimate of drug-likeness (QED) is 0.683. The lowest BCUT2D eigenvalue weighted by Gasteiger charge is -2.16. The van der Waals surface area contributed by atoms with Crippen LogP contribution in [0.5, 0.6) is 0 Å². The first-order valence-corrected chi connectivity index (χ1v) is 11.5. The van der Waals surface area contributed by atoms with E-state index in [1.165, 1.54) is 46.2 Å². The zero-order chi connectivity index (χ0) is 20.5. The van der Waals surface area contributed by atoms with E-state index in [-0.39, 0.29) is 24.1 Å². The Labute approximate surface area is 178 Å². The molecule has 1 aliphatic carbocycles.